The molecular weight excluding hydrogens is 234 g/mol. The summed E-state index contributed by atoms with van der Waals surface area (Å²) in [5, 5.41) is 4.92. The number of rotatable bonds is 4. The molecule has 0 bridgehead atoms. The first-order valence-corrected chi connectivity index (χ1v) is 8.04. The molecule has 0 radical (unpaired) electrons. The average Bonchev–Trinajstić information content (AvgIpc) is 2.57. The lowest BCUT2D eigenvalue weighted by molar-refractivity contribution is 0.391. The van der Waals surface area contributed by atoms with Crippen molar-refractivity contribution in [2.75, 3.05) is 0 Å². The van der Waals surface area contributed by atoms with Gasteiger partial charge >= 0.3 is 0 Å². The Morgan fingerprint density at radius 3 is 2.26 bits per heavy atom. The van der Waals surface area contributed by atoms with Gasteiger partial charge in [-0.3, -0.25) is 4.68 Å². The number of aryl methyl sites for hydroxylation is 1. The van der Waals surface area contributed by atoms with Gasteiger partial charge in [0.15, 0.2) is 0 Å². The second kappa shape index (κ2) is 6.56. The first-order valence-electron chi connectivity index (χ1n) is 8.04. The smallest absolute Gasteiger partial charge is 0.0672 e. The maximum Gasteiger partial charge on any atom is 0.0672 e. The number of hydrogen-bond acceptors (Lipinski definition) is 2. The van der Waals surface area contributed by atoms with Crippen LogP contribution in [0, 0.1) is 0 Å². The maximum absolute atomic E-state index is 6.19. The minimum atomic E-state index is 0.101. The van der Waals surface area contributed by atoms with E-state index in [1.807, 2.05) is 0 Å². The average molecular weight is 263 g/mol. The highest BCUT2D eigenvalue weighted by Gasteiger charge is 2.23. The summed E-state index contributed by atoms with van der Waals surface area (Å²) < 4.78 is 2.34. The van der Waals surface area contributed by atoms with Crippen LogP contribution >= 0.6 is 0 Å². The van der Waals surface area contributed by atoms with Crippen LogP contribution in [0.25, 0.3) is 0 Å². The van der Waals surface area contributed by atoms with Gasteiger partial charge in [0.1, 0.15) is 0 Å². The van der Waals surface area contributed by atoms with Crippen LogP contribution in [0.4, 0.5) is 0 Å². The van der Waals surface area contributed by atoms with Crippen molar-refractivity contribution >= 4 is 0 Å². The van der Waals surface area contributed by atoms with Gasteiger partial charge in [0.2, 0.25) is 0 Å². The van der Waals surface area contributed by atoms with E-state index in [4.69, 9.17) is 10.8 Å². The van der Waals surface area contributed by atoms with Gasteiger partial charge in [0, 0.05) is 17.3 Å². The summed E-state index contributed by atoms with van der Waals surface area (Å²) in [6.07, 6.45) is 10.1. The lowest BCUT2D eigenvalue weighted by atomic mass is 10.0. The maximum atomic E-state index is 6.19. The normalized spacial score (nSPS) is 19.4. The second-order valence-electron chi connectivity index (χ2n) is 5.89. The number of hydrogen-bond donors (Lipinski definition) is 1. The van der Waals surface area contributed by atoms with E-state index in [1.165, 1.54) is 55.5 Å². The number of nitrogens with zero attached hydrogens (tertiary/aromatic N) is 2. The molecule has 1 atom stereocenters. The molecule has 1 fully saturated rings. The summed E-state index contributed by atoms with van der Waals surface area (Å²) in [6, 6.07) is 0.708. The molecule has 1 saturated carbocycles. The van der Waals surface area contributed by atoms with Crippen molar-refractivity contribution < 1.29 is 0 Å². The quantitative estimate of drug-likeness (QED) is 0.837. The third kappa shape index (κ3) is 3.02. The summed E-state index contributed by atoms with van der Waals surface area (Å²) in [5.41, 5.74) is 10.1. The standard InChI is InChI=1S/C16H29N3/c1-4-14-16(12(3)17)15(5-2)19(18-14)13-10-8-6-7-9-11-13/h12-13H,4-11,17H2,1-3H3. The fourth-order valence-corrected chi connectivity index (χ4v) is 3.48. The van der Waals surface area contributed by atoms with Crippen LogP contribution in [0.15, 0.2) is 0 Å². The molecule has 1 aromatic heterocycles. The number of nitrogens with two attached hydrogens (primary N) is 1. The van der Waals surface area contributed by atoms with Crippen LogP contribution in [0.2, 0.25) is 0 Å². The zero-order valence-electron chi connectivity index (χ0n) is 12.8. The summed E-state index contributed by atoms with van der Waals surface area (Å²) in [6.45, 7) is 6.51. The van der Waals surface area contributed by atoms with Crippen LogP contribution in [0.5, 0.6) is 0 Å². The van der Waals surface area contributed by atoms with Crippen LogP contribution in [0.3, 0.4) is 0 Å². The molecule has 0 aliphatic heterocycles. The van der Waals surface area contributed by atoms with Gasteiger partial charge in [0.05, 0.1) is 11.7 Å². The van der Waals surface area contributed by atoms with Crippen molar-refractivity contribution in [1.82, 2.24) is 9.78 Å². The second-order valence-corrected chi connectivity index (χ2v) is 5.89. The lowest BCUT2D eigenvalue weighted by Crippen LogP contribution is -2.15. The molecule has 0 aromatic carbocycles. The molecule has 3 nitrogen and oxygen atoms in total. The van der Waals surface area contributed by atoms with Crippen molar-refractivity contribution in [3.63, 3.8) is 0 Å². The van der Waals surface area contributed by atoms with E-state index < -0.39 is 0 Å². The van der Waals surface area contributed by atoms with Crippen LogP contribution in [-0.4, -0.2) is 9.78 Å². The molecule has 19 heavy (non-hydrogen) atoms. The van der Waals surface area contributed by atoms with Gasteiger partial charge in [-0.25, -0.2) is 0 Å². The predicted octanol–water partition coefficient (Wildman–Crippen LogP) is 3.92. The van der Waals surface area contributed by atoms with E-state index in [9.17, 15) is 0 Å². The first kappa shape index (κ1) is 14.6. The lowest BCUT2D eigenvalue weighted by Gasteiger charge is -2.18. The molecular formula is C16H29N3. The SMILES string of the molecule is CCc1nn(C2CCCCCC2)c(CC)c1C(C)N. The van der Waals surface area contributed by atoms with E-state index in [1.54, 1.807) is 0 Å². The highest BCUT2D eigenvalue weighted by atomic mass is 15.3. The molecule has 3 heteroatoms. The molecule has 1 aliphatic carbocycles. The molecule has 0 amide bonds. The molecule has 2 rings (SSSR count). The van der Waals surface area contributed by atoms with E-state index >= 15 is 0 Å². The Bertz CT molecular complexity index is 398. The molecule has 0 spiro atoms. The molecule has 1 heterocycles. The van der Waals surface area contributed by atoms with E-state index in [0.717, 1.165) is 12.8 Å². The van der Waals surface area contributed by atoms with E-state index in [2.05, 4.69) is 25.5 Å². The Morgan fingerprint density at radius 2 is 1.79 bits per heavy atom. The fraction of sp³-hybridized carbons (Fsp3) is 0.812. The van der Waals surface area contributed by atoms with Crippen molar-refractivity contribution in [2.45, 2.75) is 84.2 Å². The van der Waals surface area contributed by atoms with Crippen LogP contribution < -0.4 is 5.73 Å². The van der Waals surface area contributed by atoms with Gasteiger partial charge in [-0.1, -0.05) is 39.5 Å². The van der Waals surface area contributed by atoms with Crippen molar-refractivity contribution in [3.8, 4) is 0 Å². The van der Waals surface area contributed by atoms with Crippen molar-refractivity contribution in [1.29, 1.82) is 0 Å². The first-order chi connectivity index (χ1) is 9.19. The minimum Gasteiger partial charge on any atom is -0.324 e. The largest absolute Gasteiger partial charge is 0.324 e. The minimum absolute atomic E-state index is 0.101. The van der Waals surface area contributed by atoms with Crippen molar-refractivity contribution in [3.05, 3.63) is 17.0 Å². The van der Waals surface area contributed by atoms with E-state index in [-0.39, 0.29) is 6.04 Å². The fourth-order valence-electron chi connectivity index (χ4n) is 3.48. The summed E-state index contributed by atoms with van der Waals surface area (Å²) in [7, 11) is 0. The predicted molar refractivity (Wildman–Crippen MR) is 80.3 cm³/mol. The molecule has 0 saturated heterocycles. The van der Waals surface area contributed by atoms with Gasteiger partial charge in [0.25, 0.3) is 0 Å². The highest BCUT2D eigenvalue weighted by molar-refractivity contribution is 5.30. The Hall–Kier alpha value is -0.830. The Balaban J connectivity index is 2.38. The zero-order chi connectivity index (χ0) is 13.8. The molecule has 2 N–H and O–H groups in total. The topological polar surface area (TPSA) is 43.8 Å². The summed E-state index contributed by atoms with van der Waals surface area (Å²) in [4.78, 5) is 0. The van der Waals surface area contributed by atoms with Crippen LogP contribution in [0.1, 0.15) is 88.3 Å². The van der Waals surface area contributed by atoms with E-state index in [0.29, 0.717) is 6.04 Å². The third-order valence-corrected chi connectivity index (χ3v) is 4.42. The Morgan fingerprint density at radius 1 is 1.16 bits per heavy atom. The molecule has 1 aliphatic rings. The van der Waals surface area contributed by atoms with Gasteiger partial charge < -0.3 is 5.73 Å². The summed E-state index contributed by atoms with van der Waals surface area (Å²) in [5.74, 6) is 0. The Labute approximate surface area is 117 Å². The number of aromatic nitrogens is 2. The van der Waals surface area contributed by atoms with Gasteiger partial charge in [-0.2, -0.15) is 5.10 Å². The molecule has 1 unspecified atom stereocenters. The van der Waals surface area contributed by atoms with Gasteiger partial charge in [-0.15, -0.1) is 0 Å². The highest BCUT2D eigenvalue weighted by Crippen LogP contribution is 2.31. The van der Waals surface area contributed by atoms with Gasteiger partial charge in [-0.05, 0) is 32.6 Å². The Kier molecular flexibility index (Phi) is 5.03. The summed E-state index contributed by atoms with van der Waals surface area (Å²) >= 11 is 0. The zero-order valence-corrected chi connectivity index (χ0v) is 12.8. The molecule has 1 aromatic rings. The van der Waals surface area contributed by atoms with Crippen molar-refractivity contribution in [2.24, 2.45) is 5.73 Å². The monoisotopic (exact) mass is 263 g/mol. The van der Waals surface area contributed by atoms with Crippen LogP contribution in [-0.2, 0) is 12.8 Å². The third-order valence-electron chi connectivity index (χ3n) is 4.42. The molecule has 108 valence electrons.